The van der Waals surface area contributed by atoms with Crippen LogP contribution in [0.3, 0.4) is 0 Å². The molecule has 2 rings (SSSR count). The molecule has 0 fully saturated rings. The SMILES string of the molecule is FC(F)(F)c1cc(Cl)n2ncc(I)c2n1. The molecule has 8 heteroatoms. The Kier molecular flexibility index (Phi) is 2.53. The Labute approximate surface area is 100 Å². The van der Waals surface area contributed by atoms with E-state index < -0.39 is 11.9 Å². The van der Waals surface area contributed by atoms with Crippen molar-refractivity contribution in [2.45, 2.75) is 6.18 Å². The average Bonchev–Trinajstić information content (AvgIpc) is 2.47. The summed E-state index contributed by atoms with van der Waals surface area (Å²) in [6, 6.07) is 0.748. The molecule has 0 aliphatic heterocycles. The van der Waals surface area contributed by atoms with Gasteiger partial charge in [0.05, 0.1) is 9.77 Å². The molecule has 2 aromatic rings. The molecule has 0 spiro atoms. The average molecular weight is 347 g/mol. The van der Waals surface area contributed by atoms with Gasteiger partial charge in [-0.05, 0) is 22.6 Å². The lowest BCUT2D eigenvalue weighted by atomic mass is 10.4. The van der Waals surface area contributed by atoms with Gasteiger partial charge in [0.1, 0.15) is 10.8 Å². The molecule has 0 unspecified atom stereocenters. The predicted molar refractivity (Wildman–Crippen MR) is 55.7 cm³/mol. The van der Waals surface area contributed by atoms with Crippen LogP contribution in [0.2, 0.25) is 5.15 Å². The summed E-state index contributed by atoms with van der Waals surface area (Å²) in [5, 5.41) is 3.67. The Hall–Kier alpha value is -0.570. The van der Waals surface area contributed by atoms with E-state index in [1.807, 2.05) is 22.6 Å². The Bertz CT molecular complexity index is 522. The normalized spacial score (nSPS) is 12.3. The van der Waals surface area contributed by atoms with Crippen LogP contribution < -0.4 is 0 Å². The minimum atomic E-state index is -4.50. The van der Waals surface area contributed by atoms with E-state index in [4.69, 9.17) is 11.6 Å². The fraction of sp³-hybridized carbons (Fsp3) is 0.143. The maximum absolute atomic E-state index is 12.4. The molecule has 0 atom stereocenters. The standard InChI is InChI=1S/C7H2ClF3IN3/c8-5-1-4(7(9,10)11)14-6-3(12)2-13-15(5)6/h1-2H. The van der Waals surface area contributed by atoms with E-state index in [2.05, 4.69) is 10.1 Å². The van der Waals surface area contributed by atoms with Gasteiger partial charge in [0.25, 0.3) is 0 Å². The summed E-state index contributed by atoms with van der Waals surface area (Å²) in [4.78, 5) is 3.45. The molecule has 0 aliphatic rings. The van der Waals surface area contributed by atoms with E-state index in [0.29, 0.717) is 3.57 Å². The van der Waals surface area contributed by atoms with Crippen LogP contribution in [0.15, 0.2) is 12.3 Å². The van der Waals surface area contributed by atoms with Gasteiger partial charge in [-0.3, -0.25) is 0 Å². The zero-order valence-corrected chi connectivity index (χ0v) is 9.80. The summed E-state index contributed by atoms with van der Waals surface area (Å²) < 4.78 is 38.8. The molecule has 0 N–H and O–H groups in total. The maximum Gasteiger partial charge on any atom is 0.433 e. The first-order valence-corrected chi connectivity index (χ1v) is 5.12. The Morgan fingerprint density at radius 3 is 2.67 bits per heavy atom. The highest BCUT2D eigenvalue weighted by Gasteiger charge is 2.33. The van der Waals surface area contributed by atoms with Gasteiger partial charge >= 0.3 is 6.18 Å². The van der Waals surface area contributed by atoms with Crippen molar-refractivity contribution in [1.82, 2.24) is 14.6 Å². The van der Waals surface area contributed by atoms with Crippen molar-refractivity contribution in [3.05, 3.63) is 26.7 Å². The van der Waals surface area contributed by atoms with Crippen molar-refractivity contribution in [1.29, 1.82) is 0 Å². The first-order chi connectivity index (χ1) is 6.89. The fourth-order valence-electron chi connectivity index (χ4n) is 1.04. The van der Waals surface area contributed by atoms with Gasteiger partial charge in [-0.1, -0.05) is 11.6 Å². The topological polar surface area (TPSA) is 30.2 Å². The fourth-order valence-corrected chi connectivity index (χ4v) is 1.75. The molecule has 0 saturated heterocycles. The molecular weight excluding hydrogens is 345 g/mol. The zero-order valence-electron chi connectivity index (χ0n) is 6.89. The Morgan fingerprint density at radius 2 is 2.07 bits per heavy atom. The van der Waals surface area contributed by atoms with Crippen LogP contribution in [-0.4, -0.2) is 14.6 Å². The van der Waals surface area contributed by atoms with Crippen molar-refractivity contribution in [3.63, 3.8) is 0 Å². The first kappa shape index (κ1) is 10.9. The Morgan fingerprint density at radius 1 is 1.40 bits per heavy atom. The van der Waals surface area contributed by atoms with Crippen LogP contribution in [0.1, 0.15) is 5.69 Å². The summed E-state index contributed by atoms with van der Waals surface area (Å²) in [5.74, 6) is 0. The van der Waals surface area contributed by atoms with Crippen molar-refractivity contribution in [3.8, 4) is 0 Å². The van der Waals surface area contributed by atoms with Gasteiger partial charge in [0.2, 0.25) is 0 Å². The number of halogens is 5. The third kappa shape index (κ3) is 1.89. The second kappa shape index (κ2) is 3.48. The Balaban J connectivity index is 2.76. The molecule has 2 heterocycles. The first-order valence-electron chi connectivity index (χ1n) is 3.66. The number of nitrogens with zero attached hydrogens (tertiary/aromatic N) is 3. The number of hydrogen-bond donors (Lipinski definition) is 0. The van der Waals surface area contributed by atoms with E-state index in [1.54, 1.807) is 0 Å². The summed E-state index contributed by atoms with van der Waals surface area (Å²) in [6.07, 6.45) is -3.10. The van der Waals surface area contributed by atoms with Crippen LogP contribution in [0, 0.1) is 3.57 Å². The van der Waals surface area contributed by atoms with Crippen LogP contribution in [0.5, 0.6) is 0 Å². The number of hydrogen-bond acceptors (Lipinski definition) is 2. The highest BCUT2D eigenvalue weighted by Crippen LogP contribution is 2.30. The predicted octanol–water partition coefficient (Wildman–Crippen LogP) is 3.01. The number of fused-ring (bicyclic) bond motifs is 1. The van der Waals surface area contributed by atoms with E-state index in [1.165, 1.54) is 6.20 Å². The van der Waals surface area contributed by atoms with E-state index >= 15 is 0 Å². The van der Waals surface area contributed by atoms with Crippen LogP contribution in [0.4, 0.5) is 13.2 Å². The van der Waals surface area contributed by atoms with E-state index in [-0.39, 0.29) is 10.8 Å². The van der Waals surface area contributed by atoms with Gasteiger partial charge < -0.3 is 0 Å². The molecule has 0 bridgehead atoms. The monoisotopic (exact) mass is 347 g/mol. The maximum atomic E-state index is 12.4. The highest BCUT2D eigenvalue weighted by molar-refractivity contribution is 14.1. The minimum Gasteiger partial charge on any atom is -0.223 e. The van der Waals surface area contributed by atoms with Gasteiger partial charge in [0.15, 0.2) is 5.65 Å². The molecule has 0 aliphatic carbocycles. The third-order valence-electron chi connectivity index (χ3n) is 1.68. The molecule has 0 saturated carbocycles. The summed E-state index contributed by atoms with van der Waals surface area (Å²) in [7, 11) is 0. The second-order valence-electron chi connectivity index (χ2n) is 2.69. The largest absolute Gasteiger partial charge is 0.433 e. The smallest absolute Gasteiger partial charge is 0.223 e. The molecule has 3 nitrogen and oxygen atoms in total. The number of rotatable bonds is 0. The molecule has 2 aromatic heterocycles. The molecule has 0 amide bonds. The van der Waals surface area contributed by atoms with Crippen molar-refractivity contribution >= 4 is 39.8 Å². The van der Waals surface area contributed by atoms with Crippen LogP contribution >= 0.6 is 34.2 Å². The third-order valence-corrected chi connectivity index (χ3v) is 2.71. The van der Waals surface area contributed by atoms with Crippen molar-refractivity contribution in [2.24, 2.45) is 0 Å². The van der Waals surface area contributed by atoms with Gasteiger partial charge in [0, 0.05) is 6.07 Å². The lowest BCUT2D eigenvalue weighted by Crippen LogP contribution is -2.10. The van der Waals surface area contributed by atoms with Gasteiger partial charge in [-0.25, -0.2) is 9.50 Å². The van der Waals surface area contributed by atoms with Gasteiger partial charge in [-0.15, -0.1) is 0 Å². The number of aromatic nitrogens is 3. The highest BCUT2D eigenvalue weighted by atomic mass is 127. The van der Waals surface area contributed by atoms with Crippen molar-refractivity contribution in [2.75, 3.05) is 0 Å². The van der Waals surface area contributed by atoms with E-state index in [9.17, 15) is 13.2 Å². The van der Waals surface area contributed by atoms with Crippen molar-refractivity contribution < 1.29 is 13.2 Å². The molecular formula is C7H2ClF3IN3. The molecule has 0 radical (unpaired) electrons. The summed E-state index contributed by atoms with van der Waals surface area (Å²) in [6.45, 7) is 0. The summed E-state index contributed by atoms with van der Waals surface area (Å²) in [5.41, 5.74) is -0.908. The number of alkyl halides is 3. The molecule has 80 valence electrons. The molecule has 0 aromatic carbocycles. The zero-order chi connectivity index (χ0) is 11.2. The summed E-state index contributed by atoms with van der Waals surface area (Å²) >= 11 is 7.48. The minimum absolute atomic E-state index is 0.107. The lowest BCUT2D eigenvalue weighted by Gasteiger charge is -2.06. The quantitative estimate of drug-likeness (QED) is 0.542. The van der Waals surface area contributed by atoms with Crippen LogP contribution in [0.25, 0.3) is 5.65 Å². The molecule has 15 heavy (non-hydrogen) atoms. The van der Waals surface area contributed by atoms with E-state index in [0.717, 1.165) is 10.6 Å². The lowest BCUT2D eigenvalue weighted by molar-refractivity contribution is -0.141. The van der Waals surface area contributed by atoms with Gasteiger partial charge in [-0.2, -0.15) is 18.3 Å². The second-order valence-corrected chi connectivity index (χ2v) is 4.24. The van der Waals surface area contributed by atoms with Crippen LogP contribution in [-0.2, 0) is 6.18 Å².